The molecule has 1 aliphatic carbocycles. The number of hydrogen-bond donors (Lipinski definition) is 0. The molecule has 0 atom stereocenters. The molecule has 0 radical (unpaired) electrons. The van der Waals surface area contributed by atoms with E-state index in [1.807, 2.05) is 17.4 Å². The summed E-state index contributed by atoms with van der Waals surface area (Å²) in [4.78, 5) is 10.9. The Labute approximate surface area is 365 Å². The first-order valence-electron chi connectivity index (χ1n) is 21.1. The molecular weight excluding hydrogens is 769 g/mol. The number of hydrogen-bond acceptors (Lipinski definition) is 3. The van der Waals surface area contributed by atoms with E-state index in [1.165, 1.54) is 59.1 Å². The number of aromatic nitrogens is 2. The molecule has 11 aromatic rings. The Morgan fingerprint density at radius 3 is 1.61 bits per heavy atom. The maximum absolute atomic E-state index is 5.45. The molecule has 9 aromatic carbocycles. The average Bonchev–Trinajstić information content (AvgIpc) is 3.88. The third kappa shape index (κ3) is 5.85. The van der Waals surface area contributed by atoms with E-state index < -0.39 is 5.41 Å². The van der Waals surface area contributed by atoms with Crippen molar-refractivity contribution in [2.24, 2.45) is 0 Å². The molecule has 0 bridgehead atoms. The van der Waals surface area contributed by atoms with Gasteiger partial charge in [-0.15, -0.1) is 11.3 Å². The van der Waals surface area contributed by atoms with Gasteiger partial charge in [0, 0.05) is 36.9 Å². The summed E-state index contributed by atoms with van der Waals surface area (Å²) >= 11 is 1.85. The molecule has 0 saturated heterocycles. The van der Waals surface area contributed by atoms with Gasteiger partial charge in [-0.25, -0.2) is 9.97 Å². The molecule has 0 aliphatic heterocycles. The molecular formula is C59H38N2S. The molecule has 2 heterocycles. The number of rotatable bonds is 7. The van der Waals surface area contributed by atoms with Crippen LogP contribution in [0, 0.1) is 0 Å². The molecule has 290 valence electrons. The van der Waals surface area contributed by atoms with Gasteiger partial charge >= 0.3 is 0 Å². The number of thiophene rings is 1. The predicted octanol–water partition coefficient (Wildman–Crippen LogP) is 15.5. The lowest BCUT2D eigenvalue weighted by Gasteiger charge is -2.33. The third-order valence-corrected chi connectivity index (χ3v) is 13.7. The van der Waals surface area contributed by atoms with E-state index in [9.17, 15) is 0 Å². The van der Waals surface area contributed by atoms with E-state index in [4.69, 9.17) is 9.97 Å². The van der Waals surface area contributed by atoms with Crippen LogP contribution in [-0.4, -0.2) is 9.97 Å². The van der Waals surface area contributed by atoms with Crippen LogP contribution in [0.5, 0.6) is 0 Å². The molecule has 0 N–H and O–H groups in total. The number of benzene rings is 9. The van der Waals surface area contributed by atoms with Crippen molar-refractivity contribution in [2.45, 2.75) is 5.41 Å². The smallest absolute Gasteiger partial charge is 0.160 e. The minimum atomic E-state index is -0.517. The standard InChI is InChI=1S/C59H38N2S/c1-5-18-39(19-6-1)42-34-43(41-32-33-56-50(37-41)47-26-14-16-31-55(47)62-56)36-44(35-42)53-38-54(61-58(60-53)40-20-7-2-8-21-40)49-28-17-30-52-57(49)48-27-13-15-29-51(48)59(52,45-22-9-3-10-23-45)46-24-11-4-12-25-46/h1-38H. The van der Waals surface area contributed by atoms with Gasteiger partial charge in [-0.1, -0.05) is 188 Å². The Morgan fingerprint density at radius 2 is 0.871 bits per heavy atom. The van der Waals surface area contributed by atoms with Gasteiger partial charge in [0.05, 0.1) is 16.8 Å². The van der Waals surface area contributed by atoms with E-state index in [0.717, 1.165) is 44.8 Å². The first-order chi connectivity index (χ1) is 30.7. The van der Waals surface area contributed by atoms with Gasteiger partial charge in [0.25, 0.3) is 0 Å². The molecule has 0 amide bonds. The van der Waals surface area contributed by atoms with Gasteiger partial charge in [0.2, 0.25) is 0 Å². The second-order valence-electron chi connectivity index (χ2n) is 16.1. The van der Waals surface area contributed by atoms with Gasteiger partial charge in [0.1, 0.15) is 0 Å². The van der Waals surface area contributed by atoms with E-state index in [1.54, 1.807) is 0 Å². The first-order valence-corrected chi connectivity index (χ1v) is 22.0. The summed E-state index contributed by atoms with van der Waals surface area (Å²) in [6.07, 6.45) is 0. The van der Waals surface area contributed by atoms with Gasteiger partial charge in [-0.3, -0.25) is 0 Å². The Bertz CT molecular complexity index is 3410. The summed E-state index contributed by atoms with van der Waals surface area (Å²) in [7, 11) is 0. The molecule has 0 fully saturated rings. The normalized spacial score (nSPS) is 12.6. The van der Waals surface area contributed by atoms with E-state index >= 15 is 0 Å². The highest BCUT2D eigenvalue weighted by Gasteiger charge is 2.46. The van der Waals surface area contributed by atoms with Crippen molar-refractivity contribution in [3.63, 3.8) is 0 Å². The molecule has 0 spiro atoms. The Kier molecular flexibility index (Phi) is 8.62. The number of nitrogens with zero attached hydrogens (tertiary/aromatic N) is 2. The van der Waals surface area contributed by atoms with Crippen molar-refractivity contribution in [2.75, 3.05) is 0 Å². The van der Waals surface area contributed by atoms with Crippen LogP contribution in [-0.2, 0) is 5.41 Å². The average molecular weight is 807 g/mol. The SMILES string of the molecule is c1ccc(-c2cc(-c3ccc4sc5ccccc5c4c3)cc(-c3cc(-c4cccc5c4-c4ccccc4C5(c4ccccc4)c4ccccc4)nc(-c4ccccc4)n3)c2)cc1. The summed E-state index contributed by atoms with van der Waals surface area (Å²) in [5.41, 5.74) is 16.4. The van der Waals surface area contributed by atoms with Crippen molar-refractivity contribution in [1.82, 2.24) is 9.97 Å². The lowest BCUT2D eigenvalue weighted by atomic mass is 9.67. The van der Waals surface area contributed by atoms with Crippen LogP contribution in [0.2, 0.25) is 0 Å². The zero-order valence-electron chi connectivity index (χ0n) is 33.7. The molecule has 1 aliphatic rings. The monoisotopic (exact) mass is 806 g/mol. The van der Waals surface area contributed by atoms with Crippen molar-refractivity contribution in [3.8, 4) is 67.3 Å². The number of fused-ring (bicyclic) bond motifs is 6. The van der Waals surface area contributed by atoms with Crippen LogP contribution in [0.25, 0.3) is 87.5 Å². The Morgan fingerprint density at radius 1 is 0.323 bits per heavy atom. The van der Waals surface area contributed by atoms with E-state index in [2.05, 4.69) is 224 Å². The maximum Gasteiger partial charge on any atom is 0.160 e. The fourth-order valence-corrected chi connectivity index (χ4v) is 10.9. The quantitative estimate of drug-likeness (QED) is 0.160. The largest absolute Gasteiger partial charge is 0.228 e. The molecule has 3 heteroatoms. The topological polar surface area (TPSA) is 25.8 Å². The molecule has 0 saturated carbocycles. The molecule has 62 heavy (non-hydrogen) atoms. The summed E-state index contributed by atoms with van der Waals surface area (Å²) in [5.74, 6) is 0.692. The van der Waals surface area contributed by atoms with Crippen LogP contribution in [0.15, 0.2) is 231 Å². The van der Waals surface area contributed by atoms with Crippen molar-refractivity contribution >= 4 is 31.5 Å². The lowest BCUT2D eigenvalue weighted by Crippen LogP contribution is -2.28. The third-order valence-electron chi connectivity index (χ3n) is 12.6. The van der Waals surface area contributed by atoms with E-state index in [0.29, 0.717) is 5.82 Å². The van der Waals surface area contributed by atoms with Crippen LogP contribution >= 0.6 is 11.3 Å². The fourth-order valence-electron chi connectivity index (χ4n) is 9.80. The minimum Gasteiger partial charge on any atom is -0.228 e. The van der Waals surface area contributed by atoms with Crippen LogP contribution < -0.4 is 0 Å². The molecule has 12 rings (SSSR count). The second-order valence-corrected chi connectivity index (χ2v) is 17.1. The molecule has 0 unspecified atom stereocenters. The summed E-state index contributed by atoms with van der Waals surface area (Å²) in [6.45, 7) is 0. The molecule has 2 aromatic heterocycles. The zero-order chi connectivity index (χ0) is 41.0. The Balaban J connectivity index is 1.11. The van der Waals surface area contributed by atoms with Crippen LogP contribution in [0.1, 0.15) is 22.3 Å². The lowest BCUT2D eigenvalue weighted by molar-refractivity contribution is 0.768. The predicted molar refractivity (Wildman–Crippen MR) is 259 cm³/mol. The van der Waals surface area contributed by atoms with Gasteiger partial charge in [-0.2, -0.15) is 0 Å². The highest BCUT2D eigenvalue weighted by atomic mass is 32.1. The summed E-state index contributed by atoms with van der Waals surface area (Å²) < 4.78 is 2.60. The van der Waals surface area contributed by atoms with Crippen molar-refractivity contribution < 1.29 is 0 Å². The molecule has 2 nitrogen and oxygen atoms in total. The minimum absolute atomic E-state index is 0.517. The first kappa shape index (κ1) is 36.2. The fraction of sp³-hybridized carbons (Fsp3) is 0.0169. The summed E-state index contributed by atoms with van der Waals surface area (Å²) in [6, 6.07) is 83.5. The second kappa shape index (κ2) is 14.8. The maximum atomic E-state index is 5.45. The zero-order valence-corrected chi connectivity index (χ0v) is 34.6. The van der Waals surface area contributed by atoms with Crippen molar-refractivity contribution in [1.29, 1.82) is 0 Å². The van der Waals surface area contributed by atoms with Crippen LogP contribution in [0.4, 0.5) is 0 Å². The van der Waals surface area contributed by atoms with Gasteiger partial charge in [0.15, 0.2) is 5.82 Å². The van der Waals surface area contributed by atoms with Gasteiger partial charge in [-0.05, 0) is 98.1 Å². The summed E-state index contributed by atoms with van der Waals surface area (Å²) in [5, 5.41) is 2.58. The highest BCUT2D eigenvalue weighted by Crippen LogP contribution is 2.58. The highest BCUT2D eigenvalue weighted by molar-refractivity contribution is 7.25. The van der Waals surface area contributed by atoms with Crippen molar-refractivity contribution in [3.05, 3.63) is 253 Å². The van der Waals surface area contributed by atoms with Gasteiger partial charge < -0.3 is 0 Å². The Hall–Kier alpha value is -7.72. The van der Waals surface area contributed by atoms with Crippen LogP contribution in [0.3, 0.4) is 0 Å². The van der Waals surface area contributed by atoms with E-state index in [-0.39, 0.29) is 0 Å².